The maximum absolute atomic E-state index is 14.8. The van der Waals surface area contributed by atoms with Gasteiger partial charge in [0.2, 0.25) is 5.88 Å². The van der Waals surface area contributed by atoms with Gasteiger partial charge in [-0.15, -0.1) is 10.2 Å². The number of unbranched alkanes of at least 4 members (excludes halogenated alkanes) is 3. The number of hydrogen-bond donors (Lipinski definition) is 0. The molecule has 0 spiro atoms. The lowest BCUT2D eigenvalue weighted by atomic mass is 9.77. The van der Waals surface area contributed by atoms with Crippen LogP contribution in [0.1, 0.15) is 90.0 Å². The average Bonchev–Trinajstić information content (AvgIpc) is 2.83. The highest BCUT2D eigenvalue weighted by Gasteiger charge is 2.22. The van der Waals surface area contributed by atoms with E-state index in [9.17, 15) is 8.78 Å². The Kier molecular flexibility index (Phi) is 9.89. The molecule has 1 aromatic heterocycles. The molecule has 0 amide bonds. The Bertz CT molecular complexity index is 817. The molecule has 0 unspecified atom stereocenters. The number of ether oxygens (including phenoxy) is 1. The lowest BCUT2D eigenvalue weighted by Gasteiger charge is -2.28. The molecule has 0 saturated heterocycles. The molecule has 1 aliphatic rings. The van der Waals surface area contributed by atoms with Crippen LogP contribution in [0.25, 0.3) is 11.3 Å². The Hall–Kier alpha value is -2.04. The third kappa shape index (κ3) is 6.98. The number of halogens is 2. The molecular weight excluding hydrogens is 406 g/mol. The number of rotatable bonds is 12. The molecule has 0 aliphatic heterocycles. The van der Waals surface area contributed by atoms with Gasteiger partial charge in [-0.05, 0) is 48.8 Å². The van der Waals surface area contributed by atoms with E-state index in [4.69, 9.17) is 4.74 Å². The van der Waals surface area contributed by atoms with E-state index in [-0.39, 0.29) is 5.56 Å². The van der Waals surface area contributed by atoms with Crippen molar-refractivity contribution in [2.24, 2.45) is 11.8 Å². The summed E-state index contributed by atoms with van der Waals surface area (Å²) in [6.45, 7) is 4.80. The fourth-order valence-corrected chi connectivity index (χ4v) is 4.76. The summed E-state index contributed by atoms with van der Waals surface area (Å²) < 4.78 is 34.9. The molecule has 0 radical (unpaired) electrons. The maximum Gasteiger partial charge on any atom is 0.233 e. The predicted octanol–water partition coefficient (Wildman–Crippen LogP) is 7.92. The van der Waals surface area contributed by atoms with Gasteiger partial charge in [-0.2, -0.15) is 0 Å². The van der Waals surface area contributed by atoms with Crippen molar-refractivity contribution < 1.29 is 13.5 Å². The Balaban J connectivity index is 1.50. The van der Waals surface area contributed by atoms with Gasteiger partial charge in [-0.25, -0.2) is 8.78 Å². The van der Waals surface area contributed by atoms with E-state index in [1.54, 1.807) is 24.3 Å². The smallest absolute Gasteiger partial charge is 0.233 e. The summed E-state index contributed by atoms with van der Waals surface area (Å²) in [6, 6.07) is 6.59. The summed E-state index contributed by atoms with van der Waals surface area (Å²) in [5, 5.41) is 7.97. The highest BCUT2D eigenvalue weighted by molar-refractivity contribution is 5.60. The van der Waals surface area contributed by atoms with Gasteiger partial charge >= 0.3 is 0 Å². The highest BCUT2D eigenvalue weighted by Crippen LogP contribution is 2.35. The molecule has 0 atom stereocenters. The summed E-state index contributed by atoms with van der Waals surface area (Å²) in [6.07, 6.45) is 14.1. The molecule has 3 rings (SSSR count). The van der Waals surface area contributed by atoms with Crippen LogP contribution in [-0.2, 0) is 6.42 Å². The quantitative estimate of drug-likeness (QED) is 0.312. The summed E-state index contributed by atoms with van der Waals surface area (Å²) in [4.78, 5) is 0. The average molecular weight is 445 g/mol. The van der Waals surface area contributed by atoms with Crippen molar-refractivity contribution in [3.05, 3.63) is 41.5 Å². The second kappa shape index (κ2) is 12.9. The second-order valence-corrected chi connectivity index (χ2v) is 9.28. The fraction of sp³-hybridized carbons (Fsp3) is 0.630. The van der Waals surface area contributed by atoms with Crippen molar-refractivity contribution in [2.45, 2.75) is 90.9 Å². The van der Waals surface area contributed by atoms with Crippen LogP contribution >= 0.6 is 0 Å². The lowest BCUT2D eigenvalue weighted by Crippen LogP contribution is -2.15. The normalized spacial score (nSPS) is 18.6. The minimum Gasteiger partial charge on any atom is -0.477 e. The van der Waals surface area contributed by atoms with Crippen LogP contribution in [0.3, 0.4) is 0 Å². The van der Waals surface area contributed by atoms with Crippen molar-refractivity contribution in [1.29, 1.82) is 0 Å². The van der Waals surface area contributed by atoms with Crippen LogP contribution < -0.4 is 4.74 Å². The first-order valence-corrected chi connectivity index (χ1v) is 12.6. The van der Waals surface area contributed by atoms with Crippen molar-refractivity contribution in [2.75, 3.05) is 6.61 Å². The summed E-state index contributed by atoms with van der Waals surface area (Å²) >= 11 is 0. The lowest BCUT2D eigenvalue weighted by molar-refractivity contribution is 0.248. The molecule has 5 heteroatoms. The summed E-state index contributed by atoms with van der Waals surface area (Å²) in [7, 11) is 0. The highest BCUT2D eigenvalue weighted by atomic mass is 19.2. The van der Waals surface area contributed by atoms with E-state index in [0.29, 0.717) is 36.1 Å². The van der Waals surface area contributed by atoms with Crippen molar-refractivity contribution in [1.82, 2.24) is 10.2 Å². The molecule has 0 bridgehead atoms. The molecule has 32 heavy (non-hydrogen) atoms. The zero-order valence-corrected chi connectivity index (χ0v) is 19.7. The summed E-state index contributed by atoms with van der Waals surface area (Å²) in [5.41, 5.74) is 0.919. The van der Waals surface area contributed by atoms with Crippen LogP contribution in [0.15, 0.2) is 24.3 Å². The van der Waals surface area contributed by atoms with Crippen LogP contribution in [-0.4, -0.2) is 16.8 Å². The first kappa shape index (κ1) is 24.6. The molecule has 0 N–H and O–H groups in total. The van der Waals surface area contributed by atoms with Crippen LogP contribution in [0.5, 0.6) is 5.88 Å². The van der Waals surface area contributed by atoms with Crippen LogP contribution in [0, 0.1) is 23.5 Å². The van der Waals surface area contributed by atoms with Crippen molar-refractivity contribution in [3.8, 4) is 17.1 Å². The van der Waals surface area contributed by atoms with E-state index >= 15 is 0 Å². The van der Waals surface area contributed by atoms with Crippen molar-refractivity contribution >= 4 is 0 Å². The van der Waals surface area contributed by atoms with E-state index in [0.717, 1.165) is 18.8 Å². The minimum atomic E-state index is -0.838. The number of hydrogen-bond acceptors (Lipinski definition) is 3. The summed E-state index contributed by atoms with van der Waals surface area (Å²) in [5.74, 6) is 0.306. The first-order chi connectivity index (χ1) is 15.6. The molecule has 1 heterocycles. The van der Waals surface area contributed by atoms with Crippen LogP contribution in [0.2, 0.25) is 0 Å². The van der Waals surface area contributed by atoms with Gasteiger partial charge in [0.1, 0.15) is 0 Å². The zero-order chi connectivity index (χ0) is 22.8. The van der Waals surface area contributed by atoms with Crippen LogP contribution in [0.4, 0.5) is 8.78 Å². The first-order valence-electron chi connectivity index (χ1n) is 12.6. The van der Waals surface area contributed by atoms with Gasteiger partial charge in [0.05, 0.1) is 12.3 Å². The van der Waals surface area contributed by atoms with Crippen molar-refractivity contribution in [3.63, 3.8) is 0 Å². The number of benzene rings is 1. The largest absolute Gasteiger partial charge is 0.477 e. The SMILES string of the molecule is CCCCCCC1CCC(CCc2ccc(-c3ccc(OCCC)nn3)c(F)c2F)CC1. The molecule has 176 valence electrons. The molecule has 3 nitrogen and oxygen atoms in total. The van der Waals surface area contributed by atoms with E-state index in [1.165, 1.54) is 57.8 Å². The Morgan fingerprint density at radius 2 is 1.56 bits per heavy atom. The predicted molar refractivity (Wildman–Crippen MR) is 126 cm³/mol. The van der Waals surface area contributed by atoms with E-state index in [2.05, 4.69) is 17.1 Å². The fourth-order valence-electron chi connectivity index (χ4n) is 4.76. The second-order valence-electron chi connectivity index (χ2n) is 9.28. The molecule has 1 aliphatic carbocycles. The van der Waals surface area contributed by atoms with Gasteiger partial charge in [0.25, 0.3) is 0 Å². The Morgan fingerprint density at radius 1 is 0.812 bits per heavy atom. The van der Waals surface area contributed by atoms with E-state index in [1.807, 2.05) is 6.92 Å². The van der Waals surface area contributed by atoms with Gasteiger partial charge in [-0.1, -0.05) is 77.7 Å². The van der Waals surface area contributed by atoms with Gasteiger partial charge in [0, 0.05) is 11.6 Å². The van der Waals surface area contributed by atoms with Gasteiger partial charge in [0.15, 0.2) is 11.6 Å². The minimum absolute atomic E-state index is 0.143. The zero-order valence-electron chi connectivity index (χ0n) is 19.7. The van der Waals surface area contributed by atoms with Gasteiger partial charge in [-0.3, -0.25) is 0 Å². The van der Waals surface area contributed by atoms with E-state index < -0.39 is 11.6 Å². The van der Waals surface area contributed by atoms with Gasteiger partial charge < -0.3 is 4.74 Å². The number of aryl methyl sites for hydroxylation is 1. The third-order valence-corrected chi connectivity index (χ3v) is 6.79. The molecule has 2 aromatic rings. The monoisotopic (exact) mass is 444 g/mol. The molecule has 1 fully saturated rings. The maximum atomic E-state index is 14.8. The molecular formula is C27H38F2N2O. The standard InChI is InChI=1S/C27H38F2N2O/c1-3-5-6-7-8-20-9-11-21(12-10-20)13-14-22-15-16-23(27(29)26(22)28)24-17-18-25(31-30-24)32-19-4-2/h15-18,20-21H,3-14,19H2,1-2H3. The third-order valence-electron chi connectivity index (χ3n) is 6.79. The topological polar surface area (TPSA) is 35.0 Å². The Morgan fingerprint density at radius 3 is 2.22 bits per heavy atom. The number of aromatic nitrogens is 2. The number of nitrogens with zero attached hydrogens (tertiary/aromatic N) is 2. The molecule has 1 saturated carbocycles. The Labute approximate surface area is 192 Å². The molecule has 1 aromatic carbocycles.